The molecule has 0 spiro atoms. The molecule has 2 atom stereocenters. The Hall–Kier alpha value is -2.06. The van der Waals surface area contributed by atoms with Gasteiger partial charge in [-0.25, -0.2) is 0 Å². The van der Waals surface area contributed by atoms with Crippen LogP contribution in [0.15, 0.2) is 60.7 Å². The van der Waals surface area contributed by atoms with Gasteiger partial charge in [0.2, 0.25) is 0 Å². The van der Waals surface area contributed by atoms with Gasteiger partial charge in [0, 0.05) is 12.1 Å². The second-order valence-corrected chi connectivity index (χ2v) is 6.60. The molecule has 2 nitrogen and oxygen atoms in total. The van der Waals surface area contributed by atoms with Gasteiger partial charge in [-0.1, -0.05) is 55.0 Å². The van der Waals surface area contributed by atoms with Crippen molar-refractivity contribution in [2.75, 3.05) is 0 Å². The first kappa shape index (κ1) is 14.5. The Morgan fingerprint density at radius 3 is 2.57 bits per heavy atom. The van der Waals surface area contributed by atoms with E-state index in [1.807, 2.05) is 18.2 Å². The van der Waals surface area contributed by atoms with Crippen molar-refractivity contribution in [3.05, 3.63) is 71.8 Å². The summed E-state index contributed by atoms with van der Waals surface area (Å²) in [5.41, 5.74) is 4.04. The van der Waals surface area contributed by atoms with Crippen molar-refractivity contribution in [2.24, 2.45) is 0 Å². The molecule has 0 radical (unpaired) electrons. The van der Waals surface area contributed by atoms with Gasteiger partial charge in [0.25, 0.3) is 0 Å². The maximum Gasteiger partial charge on any atom is 0.119 e. The summed E-state index contributed by atoms with van der Waals surface area (Å²) < 4.78 is 5.88. The highest BCUT2D eigenvalue weighted by Crippen LogP contribution is 2.31. The smallest absolute Gasteiger partial charge is 0.119 e. The summed E-state index contributed by atoms with van der Waals surface area (Å²) in [5, 5.41) is 3.70. The highest BCUT2D eigenvalue weighted by atomic mass is 16.5. The highest BCUT2D eigenvalue weighted by molar-refractivity contribution is 5.68. The zero-order valence-corrected chi connectivity index (χ0v) is 13.4. The van der Waals surface area contributed by atoms with Crippen molar-refractivity contribution in [1.29, 1.82) is 0 Å². The number of fused-ring (bicyclic) bond motifs is 2. The molecule has 2 unspecified atom stereocenters. The number of nitrogens with one attached hydrogen (secondary N) is 1. The lowest BCUT2D eigenvalue weighted by molar-refractivity contribution is 0.306. The van der Waals surface area contributed by atoms with Gasteiger partial charge in [0.15, 0.2) is 0 Å². The molecule has 2 bridgehead atoms. The van der Waals surface area contributed by atoms with Gasteiger partial charge >= 0.3 is 0 Å². The Balaban J connectivity index is 1.43. The predicted octanol–water partition coefficient (Wildman–Crippen LogP) is 4.56. The molecule has 1 saturated heterocycles. The van der Waals surface area contributed by atoms with Crippen molar-refractivity contribution < 1.29 is 4.74 Å². The monoisotopic (exact) mass is 305 g/mol. The molecule has 2 aromatic rings. The molecule has 2 heteroatoms. The van der Waals surface area contributed by atoms with Gasteiger partial charge in [-0.15, -0.1) is 0 Å². The van der Waals surface area contributed by atoms with Crippen LogP contribution in [0.2, 0.25) is 0 Å². The molecule has 4 rings (SSSR count). The van der Waals surface area contributed by atoms with Crippen LogP contribution in [0.4, 0.5) is 0 Å². The number of hydrogen-bond acceptors (Lipinski definition) is 2. The summed E-state index contributed by atoms with van der Waals surface area (Å²) >= 11 is 0. The maximum absolute atomic E-state index is 5.88. The Morgan fingerprint density at radius 1 is 0.957 bits per heavy atom. The van der Waals surface area contributed by atoms with Gasteiger partial charge in [-0.2, -0.15) is 0 Å². The van der Waals surface area contributed by atoms with E-state index in [0.29, 0.717) is 18.7 Å². The fraction of sp³-hybridized carbons (Fsp3) is 0.333. The van der Waals surface area contributed by atoms with Crippen LogP contribution in [0.25, 0.3) is 5.57 Å². The second kappa shape index (κ2) is 6.59. The normalized spacial score (nSPS) is 23.2. The lowest BCUT2D eigenvalue weighted by Crippen LogP contribution is -2.44. The molecule has 0 saturated carbocycles. The van der Waals surface area contributed by atoms with E-state index in [0.717, 1.165) is 12.2 Å². The molecule has 0 aliphatic carbocycles. The van der Waals surface area contributed by atoms with Crippen LogP contribution in [0.3, 0.4) is 0 Å². The maximum atomic E-state index is 5.88. The van der Waals surface area contributed by atoms with Crippen molar-refractivity contribution in [3.8, 4) is 5.75 Å². The number of piperidine rings is 1. The summed E-state index contributed by atoms with van der Waals surface area (Å²) in [6.45, 7) is 0.622. The highest BCUT2D eigenvalue weighted by Gasteiger charge is 2.25. The molecule has 1 fully saturated rings. The van der Waals surface area contributed by atoms with Gasteiger partial charge in [0.05, 0.1) is 0 Å². The molecular weight excluding hydrogens is 282 g/mol. The van der Waals surface area contributed by atoms with Crippen LogP contribution in [-0.2, 0) is 6.61 Å². The van der Waals surface area contributed by atoms with E-state index in [4.69, 9.17) is 4.74 Å². The SMILES string of the molecule is C1=C(c2ccc(OCc3ccccc3)cc2)CC2CCCC1N2. The van der Waals surface area contributed by atoms with Crippen LogP contribution >= 0.6 is 0 Å². The van der Waals surface area contributed by atoms with Crippen LogP contribution in [0, 0.1) is 0 Å². The fourth-order valence-corrected chi connectivity index (χ4v) is 3.64. The number of rotatable bonds is 4. The minimum absolute atomic E-state index is 0.575. The Kier molecular flexibility index (Phi) is 4.16. The largest absolute Gasteiger partial charge is 0.489 e. The van der Waals surface area contributed by atoms with E-state index in [1.165, 1.54) is 36.0 Å². The standard InChI is InChI=1S/C21H23NO/c1-2-5-16(6-3-1)15-23-21-11-9-17(10-12-21)18-13-19-7-4-8-20(14-18)22-19/h1-3,5-6,9-13,19-20,22H,4,7-8,14-15H2. The number of ether oxygens (including phenoxy) is 1. The van der Waals surface area contributed by atoms with Gasteiger partial charge < -0.3 is 10.1 Å². The molecule has 1 N–H and O–H groups in total. The molecule has 2 aliphatic rings. The summed E-state index contributed by atoms with van der Waals surface area (Å²) in [6.07, 6.45) is 7.53. The molecule has 2 aliphatic heterocycles. The third-order valence-electron chi connectivity index (χ3n) is 4.86. The second-order valence-electron chi connectivity index (χ2n) is 6.60. The average molecular weight is 305 g/mol. The third-order valence-corrected chi connectivity index (χ3v) is 4.86. The zero-order chi connectivity index (χ0) is 15.5. The molecule has 2 heterocycles. The lowest BCUT2D eigenvalue weighted by atomic mass is 9.85. The van der Waals surface area contributed by atoms with Crippen molar-refractivity contribution in [3.63, 3.8) is 0 Å². The van der Waals surface area contributed by atoms with Crippen molar-refractivity contribution in [2.45, 2.75) is 44.4 Å². The van der Waals surface area contributed by atoms with E-state index in [-0.39, 0.29) is 0 Å². The van der Waals surface area contributed by atoms with Crippen LogP contribution in [-0.4, -0.2) is 12.1 Å². The first-order chi connectivity index (χ1) is 11.4. The first-order valence-electron chi connectivity index (χ1n) is 8.61. The minimum atomic E-state index is 0.575. The lowest BCUT2D eigenvalue weighted by Gasteiger charge is -2.35. The fourth-order valence-electron chi connectivity index (χ4n) is 3.64. The Labute approximate surface area is 138 Å². The molecule has 0 aromatic heterocycles. The average Bonchev–Trinajstić information content (AvgIpc) is 2.61. The summed E-state index contributed by atoms with van der Waals surface area (Å²) in [5.74, 6) is 0.937. The Bertz CT molecular complexity index is 675. The van der Waals surface area contributed by atoms with Gasteiger partial charge in [-0.3, -0.25) is 0 Å². The van der Waals surface area contributed by atoms with Crippen LogP contribution < -0.4 is 10.1 Å². The molecule has 23 heavy (non-hydrogen) atoms. The number of benzene rings is 2. The topological polar surface area (TPSA) is 21.3 Å². The zero-order valence-electron chi connectivity index (χ0n) is 13.4. The molecular formula is C21H23NO. The van der Waals surface area contributed by atoms with E-state index >= 15 is 0 Å². The van der Waals surface area contributed by atoms with Gasteiger partial charge in [0.1, 0.15) is 12.4 Å². The molecule has 0 amide bonds. The predicted molar refractivity (Wildman–Crippen MR) is 94.4 cm³/mol. The van der Waals surface area contributed by atoms with E-state index < -0.39 is 0 Å². The summed E-state index contributed by atoms with van der Waals surface area (Å²) in [6, 6.07) is 20.1. The molecule has 2 aromatic carbocycles. The Morgan fingerprint density at radius 2 is 1.78 bits per heavy atom. The van der Waals surface area contributed by atoms with Crippen molar-refractivity contribution in [1.82, 2.24) is 5.32 Å². The first-order valence-corrected chi connectivity index (χ1v) is 8.61. The third kappa shape index (κ3) is 3.48. The van der Waals surface area contributed by atoms with Gasteiger partial charge in [-0.05, 0) is 48.1 Å². The van der Waals surface area contributed by atoms with Crippen LogP contribution in [0.1, 0.15) is 36.8 Å². The van der Waals surface area contributed by atoms with E-state index in [1.54, 1.807) is 0 Å². The number of hydrogen-bond donors (Lipinski definition) is 1. The summed E-state index contributed by atoms with van der Waals surface area (Å²) in [4.78, 5) is 0. The van der Waals surface area contributed by atoms with E-state index in [2.05, 4.69) is 47.8 Å². The summed E-state index contributed by atoms with van der Waals surface area (Å²) in [7, 11) is 0. The van der Waals surface area contributed by atoms with Crippen molar-refractivity contribution >= 4 is 5.57 Å². The van der Waals surface area contributed by atoms with Crippen LogP contribution in [0.5, 0.6) is 5.75 Å². The minimum Gasteiger partial charge on any atom is -0.489 e. The molecule has 118 valence electrons. The van der Waals surface area contributed by atoms with E-state index in [9.17, 15) is 0 Å². The quantitative estimate of drug-likeness (QED) is 0.894.